The van der Waals surface area contributed by atoms with Crippen molar-refractivity contribution in [3.8, 4) is 11.5 Å². The van der Waals surface area contributed by atoms with Crippen LogP contribution in [-0.4, -0.2) is 30.3 Å². The second-order valence-electron chi connectivity index (χ2n) is 8.70. The zero-order chi connectivity index (χ0) is 24.6. The van der Waals surface area contributed by atoms with Gasteiger partial charge < -0.3 is 14.2 Å². The van der Waals surface area contributed by atoms with Crippen LogP contribution < -0.4 is 9.47 Å². The molecule has 2 aromatic carbocycles. The van der Waals surface area contributed by atoms with E-state index in [1.165, 1.54) is 12.1 Å². The molecule has 8 heteroatoms. The molecule has 1 aliphatic rings. The van der Waals surface area contributed by atoms with Gasteiger partial charge in [-0.05, 0) is 87.9 Å². The van der Waals surface area contributed by atoms with Crippen LogP contribution in [0, 0.1) is 19.8 Å². The maximum Gasteiger partial charge on any atom is 0.573 e. The summed E-state index contributed by atoms with van der Waals surface area (Å²) in [6.07, 6.45) is -4.11. The Bertz CT molecular complexity index is 1020. The summed E-state index contributed by atoms with van der Waals surface area (Å²) in [5, 5.41) is 0. The molecule has 0 bridgehead atoms. The Hall–Kier alpha value is -3.03. The van der Waals surface area contributed by atoms with Crippen molar-refractivity contribution in [3.05, 3.63) is 58.7 Å². The van der Waals surface area contributed by atoms with Crippen molar-refractivity contribution in [3.63, 3.8) is 0 Å². The van der Waals surface area contributed by atoms with E-state index in [9.17, 15) is 22.8 Å². The Morgan fingerprint density at radius 2 is 1.58 bits per heavy atom. The molecule has 0 saturated heterocycles. The minimum atomic E-state index is -4.77. The van der Waals surface area contributed by atoms with E-state index in [1.807, 2.05) is 26.0 Å². The van der Waals surface area contributed by atoms with Gasteiger partial charge in [0.25, 0.3) is 0 Å². The van der Waals surface area contributed by atoms with Crippen molar-refractivity contribution < 1.29 is 37.0 Å². The van der Waals surface area contributed by atoms with Gasteiger partial charge in [-0.3, -0.25) is 4.79 Å². The first-order valence-electron chi connectivity index (χ1n) is 10.7. The second kappa shape index (κ2) is 9.08. The maximum atomic E-state index is 12.8. The molecule has 0 N–H and O–H groups in total. The summed E-state index contributed by atoms with van der Waals surface area (Å²) in [5.74, 6) is -0.543. The van der Waals surface area contributed by atoms with Crippen LogP contribution in [0.4, 0.5) is 13.2 Å². The first kappa shape index (κ1) is 24.6. The topological polar surface area (TPSA) is 61.8 Å². The van der Waals surface area contributed by atoms with Gasteiger partial charge in [0.15, 0.2) is 11.4 Å². The Kier molecular flexibility index (Phi) is 6.77. The molecule has 0 radical (unpaired) electrons. The third-order valence-electron chi connectivity index (χ3n) is 5.53. The van der Waals surface area contributed by atoms with E-state index in [1.54, 1.807) is 20.8 Å². The second-order valence-corrected chi connectivity index (χ2v) is 8.70. The molecule has 0 heterocycles. The lowest BCUT2D eigenvalue weighted by atomic mass is 9.98. The van der Waals surface area contributed by atoms with Gasteiger partial charge in [-0.15, -0.1) is 13.2 Å². The van der Waals surface area contributed by atoms with Crippen LogP contribution in [0.25, 0.3) is 0 Å². The highest BCUT2D eigenvalue weighted by molar-refractivity contribution is 6.00. The molecule has 178 valence electrons. The van der Waals surface area contributed by atoms with Crippen LogP contribution in [0.5, 0.6) is 11.5 Å². The number of esters is 1. The molecule has 1 saturated carbocycles. The van der Waals surface area contributed by atoms with E-state index in [2.05, 4.69) is 4.74 Å². The van der Waals surface area contributed by atoms with Gasteiger partial charge in [0, 0.05) is 11.5 Å². The molecule has 1 aliphatic carbocycles. The average molecular weight is 464 g/mol. The lowest BCUT2D eigenvalue weighted by Gasteiger charge is -2.26. The van der Waals surface area contributed by atoms with Crippen molar-refractivity contribution in [2.75, 3.05) is 6.61 Å². The third-order valence-corrected chi connectivity index (χ3v) is 5.53. The minimum absolute atomic E-state index is 0.0214. The van der Waals surface area contributed by atoms with Gasteiger partial charge >= 0.3 is 12.3 Å². The number of rotatable bonds is 8. The molecular weight excluding hydrogens is 437 g/mol. The number of halogens is 3. The summed E-state index contributed by atoms with van der Waals surface area (Å²) >= 11 is 0. The molecule has 33 heavy (non-hydrogen) atoms. The number of benzene rings is 2. The number of Topliss-reactive ketones (excluding diaryl/α,β-unsaturated/α-hetero) is 1. The minimum Gasteiger partial charge on any atom is -0.476 e. The molecule has 2 aromatic rings. The Morgan fingerprint density at radius 1 is 1.00 bits per heavy atom. The summed E-state index contributed by atoms with van der Waals surface area (Å²) in [6.45, 7) is 9.06. The van der Waals surface area contributed by atoms with Gasteiger partial charge in [0.1, 0.15) is 11.5 Å². The van der Waals surface area contributed by atoms with E-state index in [-0.39, 0.29) is 30.0 Å². The molecule has 3 rings (SSSR count). The molecule has 0 aromatic heterocycles. The summed E-state index contributed by atoms with van der Waals surface area (Å²) in [5.41, 5.74) is 1.87. The summed E-state index contributed by atoms with van der Waals surface area (Å²) < 4.78 is 51.9. The van der Waals surface area contributed by atoms with E-state index < -0.39 is 17.9 Å². The van der Waals surface area contributed by atoms with E-state index in [0.717, 1.165) is 28.8 Å². The number of hydrogen-bond acceptors (Lipinski definition) is 5. The number of aryl methyl sites for hydroxylation is 2. The Balaban J connectivity index is 1.71. The quantitative estimate of drug-likeness (QED) is 0.359. The molecule has 0 aliphatic heterocycles. The fourth-order valence-electron chi connectivity index (χ4n) is 3.85. The van der Waals surface area contributed by atoms with Crippen LogP contribution >= 0.6 is 0 Å². The zero-order valence-electron chi connectivity index (χ0n) is 19.2. The molecule has 2 unspecified atom stereocenters. The highest BCUT2D eigenvalue weighted by atomic mass is 19.4. The van der Waals surface area contributed by atoms with Crippen molar-refractivity contribution in [2.45, 2.75) is 58.9 Å². The number of ketones is 1. The van der Waals surface area contributed by atoms with Crippen molar-refractivity contribution in [1.82, 2.24) is 0 Å². The van der Waals surface area contributed by atoms with Gasteiger partial charge in [-0.25, -0.2) is 4.79 Å². The molecule has 2 atom stereocenters. The predicted molar refractivity (Wildman–Crippen MR) is 116 cm³/mol. The first-order valence-corrected chi connectivity index (χ1v) is 10.7. The fraction of sp³-hybridized carbons (Fsp3) is 0.440. The molecule has 0 spiro atoms. The largest absolute Gasteiger partial charge is 0.573 e. The van der Waals surface area contributed by atoms with Gasteiger partial charge in [-0.2, -0.15) is 0 Å². The van der Waals surface area contributed by atoms with Crippen LogP contribution in [0.1, 0.15) is 60.2 Å². The molecule has 1 fully saturated rings. The SMILES string of the molecule is CCOC(=O)C(C)(C)Oc1c(C)cc(C2CC2C(=O)c2ccc(OC(F)(F)F)cc2)cc1C. The predicted octanol–water partition coefficient (Wildman–Crippen LogP) is 5.91. The summed E-state index contributed by atoms with van der Waals surface area (Å²) in [4.78, 5) is 25.0. The molecular formula is C25H27F3O5. The summed E-state index contributed by atoms with van der Waals surface area (Å²) in [6, 6.07) is 8.88. The smallest absolute Gasteiger partial charge is 0.476 e. The van der Waals surface area contributed by atoms with Crippen LogP contribution in [-0.2, 0) is 9.53 Å². The van der Waals surface area contributed by atoms with Crippen LogP contribution in [0.3, 0.4) is 0 Å². The number of alkyl halides is 3. The highest BCUT2D eigenvalue weighted by Gasteiger charge is 2.44. The van der Waals surface area contributed by atoms with Crippen LogP contribution in [0.2, 0.25) is 0 Å². The lowest BCUT2D eigenvalue weighted by Crippen LogP contribution is -2.40. The van der Waals surface area contributed by atoms with E-state index in [4.69, 9.17) is 9.47 Å². The fourth-order valence-corrected chi connectivity index (χ4v) is 3.85. The molecule has 0 amide bonds. The van der Waals surface area contributed by atoms with E-state index >= 15 is 0 Å². The van der Waals surface area contributed by atoms with Gasteiger partial charge in [0.2, 0.25) is 0 Å². The average Bonchev–Trinajstić information content (AvgIpc) is 3.50. The first-order chi connectivity index (χ1) is 15.3. The zero-order valence-corrected chi connectivity index (χ0v) is 19.2. The standard InChI is InChI=1S/C25H27F3O5/c1-6-31-23(30)24(4,5)33-22-14(2)11-17(12-15(22)3)19-13-20(19)21(29)16-7-9-18(10-8-16)32-25(26,27)28/h7-12,19-20H,6,13H2,1-5H3. The van der Waals surface area contributed by atoms with Gasteiger partial charge in [-0.1, -0.05) is 12.1 Å². The van der Waals surface area contributed by atoms with E-state index in [0.29, 0.717) is 17.7 Å². The number of hydrogen-bond donors (Lipinski definition) is 0. The third kappa shape index (κ3) is 5.86. The normalized spacial score (nSPS) is 17.9. The summed E-state index contributed by atoms with van der Waals surface area (Å²) in [7, 11) is 0. The maximum absolute atomic E-state index is 12.8. The van der Waals surface area contributed by atoms with Crippen molar-refractivity contribution in [1.29, 1.82) is 0 Å². The van der Waals surface area contributed by atoms with Crippen LogP contribution in [0.15, 0.2) is 36.4 Å². The number of ether oxygens (including phenoxy) is 3. The monoisotopic (exact) mass is 464 g/mol. The Labute approximate surface area is 190 Å². The van der Waals surface area contributed by atoms with Crippen molar-refractivity contribution >= 4 is 11.8 Å². The Morgan fingerprint density at radius 3 is 2.09 bits per heavy atom. The molecule has 5 nitrogen and oxygen atoms in total. The number of carbonyl (C=O) groups is 2. The number of carbonyl (C=O) groups excluding carboxylic acids is 2. The van der Waals surface area contributed by atoms with Gasteiger partial charge in [0.05, 0.1) is 6.61 Å². The lowest BCUT2D eigenvalue weighted by molar-refractivity contribution is -0.274. The van der Waals surface area contributed by atoms with Crippen molar-refractivity contribution in [2.24, 2.45) is 5.92 Å². The highest BCUT2D eigenvalue weighted by Crippen LogP contribution is 2.50.